The van der Waals surface area contributed by atoms with E-state index in [4.69, 9.17) is 25.8 Å². The number of nitrogens with zero attached hydrogens (tertiary/aromatic N) is 6. The lowest BCUT2D eigenvalue weighted by molar-refractivity contribution is -0.385. The number of carbonyl (C=O) groups is 1. The highest BCUT2D eigenvalue weighted by Gasteiger charge is 2.40. The van der Waals surface area contributed by atoms with Gasteiger partial charge in [0.2, 0.25) is 5.75 Å². The second-order valence-electron chi connectivity index (χ2n) is 13.3. The number of amides is 1. The number of methoxy groups -OCH3 is 1. The summed E-state index contributed by atoms with van der Waals surface area (Å²) in [5.41, 5.74) is -0.662. The van der Waals surface area contributed by atoms with Gasteiger partial charge in [-0.3, -0.25) is 14.9 Å². The SMILES string of the molecule is COc1cc(CN(C(=O)OC(C)(C)C)S(=O)(=O)N2CCN(c3cnn(-c4cccc(Cl)c4)c(=O)c3OCC3(C)CC3)CC2)ccc1[N+](=O)[O-]. The van der Waals surface area contributed by atoms with E-state index < -0.39 is 38.9 Å². The number of rotatable bonds is 11. The summed E-state index contributed by atoms with van der Waals surface area (Å²) in [5, 5.41) is 16.2. The molecule has 2 heterocycles. The van der Waals surface area contributed by atoms with E-state index in [1.807, 2.05) is 4.90 Å². The van der Waals surface area contributed by atoms with Gasteiger partial charge in [-0.25, -0.2) is 4.79 Å². The third kappa shape index (κ3) is 8.25. The van der Waals surface area contributed by atoms with Crippen LogP contribution < -0.4 is 19.9 Å². The fourth-order valence-corrected chi connectivity index (χ4v) is 6.80. The summed E-state index contributed by atoms with van der Waals surface area (Å²) >= 11 is 6.17. The van der Waals surface area contributed by atoms with E-state index in [2.05, 4.69) is 12.0 Å². The summed E-state index contributed by atoms with van der Waals surface area (Å²) in [7, 11) is -3.21. The molecule has 17 heteroatoms. The molecule has 0 radical (unpaired) electrons. The minimum Gasteiger partial charge on any atom is -0.490 e. The Hall–Kier alpha value is -4.41. The van der Waals surface area contributed by atoms with Crippen molar-refractivity contribution in [3.63, 3.8) is 0 Å². The first kappa shape index (κ1) is 35.9. The molecule has 2 aliphatic rings. The smallest absolute Gasteiger partial charge is 0.425 e. The average molecular weight is 719 g/mol. The van der Waals surface area contributed by atoms with Crippen LogP contribution in [0.1, 0.15) is 46.1 Å². The Bertz CT molecular complexity index is 1900. The molecule has 5 rings (SSSR count). The first-order valence-electron chi connectivity index (χ1n) is 15.6. The Labute approximate surface area is 289 Å². The van der Waals surface area contributed by atoms with Crippen molar-refractivity contribution in [2.75, 3.05) is 44.8 Å². The van der Waals surface area contributed by atoms with Crippen molar-refractivity contribution >= 4 is 39.3 Å². The van der Waals surface area contributed by atoms with E-state index in [9.17, 15) is 28.1 Å². The lowest BCUT2D eigenvalue weighted by Crippen LogP contribution is -2.54. The lowest BCUT2D eigenvalue weighted by atomic mass is 10.2. The number of ether oxygens (including phenoxy) is 3. The molecule has 1 aromatic heterocycles. The van der Waals surface area contributed by atoms with Gasteiger partial charge < -0.3 is 19.1 Å². The van der Waals surface area contributed by atoms with E-state index in [0.717, 1.165) is 17.1 Å². The summed E-state index contributed by atoms with van der Waals surface area (Å²) in [4.78, 5) is 39.7. The van der Waals surface area contributed by atoms with Crippen LogP contribution >= 0.6 is 11.6 Å². The van der Waals surface area contributed by atoms with Crippen molar-refractivity contribution in [2.24, 2.45) is 5.41 Å². The molecule has 0 spiro atoms. The standard InChI is InChI=1S/C32H39ClN6O9S/c1-31(2,3)48-30(41)37(20-22-9-10-25(39(42)43)27(17-22)46-5)49(44,45)36-15-13-35(14-16-36)26-19-34-38(24-8-6-7-23(33)18-24)29(40)28(26)47-21-32(4)11-12-32/h6-10,17-19H,11-16,20-21H2,1-5H3. The predicted molar refractivity (Wildman–Crippen MR) is 182 cm³/mol. The molecule has 0 N–H and O–H groups in total. The highest BCUT2D eigenvalue weighted by molar-refractivity contribution is 7.87. The zero-order chi connectivity index (χ0) is 35.7. The third-order valence-electron chi connectivity index (χ3n) is 8.18. The van der Waals surface area contributed by atoms with Crippen molar-refractivity contribution in [2.45, 2.75) is 52.7 Å². The predicted octanol–water partition coefficient (Wildman–Crippen LogP) is 4.79. The van der Waals surface area contributed by atoms with Gasteiger partial charge in [0.25, 0.3) is 0 Å². The van der Waals surface area contributed by atoms with Gasteiger partial charge in [-0.2, -0.15) is 26.8 Å². The van der Waals surface area contributed by atoms with Crippen molar-refractivity contribution in [3.8, 4) is 17.2 Å². The molecule has 2 fully saturated rings. The molecule has 0 atom stereocenters. The van der Waals surface area contributed by atoms with Crippen LogP contribution in [0.3, 0.4) is 0 Å². The molecule has 0 unspecified atom stereocenters. The quantitative estimate of drug-likeness (QED) is 0.198. The van der Waals surface area contributed by atoms with Crippen LogP contribution in [0, 0.1) is 15.5 Å². The number of nitro benzene ring substituents is 1. The number of piperazine rings is 1. The molecule has 2 aromatic carbocycles. The van der Waals surface area contributed by atoms with Gasteiger partial charge in [-0.1, -0.05) is 30.7 Å². The van der Waals surface area contributed by atoms with Gasteiger partial charge in [0.1, 0.15) is 11.3 Å². The third-order valence-corrected chi connectivity index (χ3v) is 10.3. The maximum atomic E-state index is 14.1. The van der Waals surface area contributed by atoms with E-state index in [0.29, 0.717) is 27.3 Å². The van der Waals surface area contributed by atoms with Gasteiger partial charge in [0.15, 0.2) is 5.75 Å². The number of halogens is 1. The summed E-state index contributed by atoms with van der Waals surface area (Å²) < 4.78 is 47.8. The summed E-state index contributed by atoms with van der Waals surface area (Å²) in [5.74, 6) is 0.0131. The van der Waals surface area contributed by atoms with E-state index in [1.165, 1.54) is 36.2 Å². The van der Waals surface area contributed by atoms with Crippen molar-refractivity contribution in [1.29, 1.82) is 0 Å². The van der Waals surface area contributed by atoms with E-state index >= 15 is 0 Å². The number of carbonyl (C=O) groups excluding carboxylic acids is 1. The molecule has 264 valence electrons. The highest BCUT2D eigenvalue weighted by atomic mass is 35.5. The molecule has 1 saturated carbocycles. The van der Waals surface area contributed by atoms with Crippen LogP contribution in [0.4, 0.5) is 16.2 Å². The Morgan fingerprint density at radius 3 is 2.41 bits per heavy atom. The van der Waals surface area contributed by atoms with Crippen molar-refractivity contribution in [3.05, 3.63) is 79.7 Å². The fraction of sp³-hybridized carbons (Fsp3) is 0.469. The second-order valence-corrected chi connectivity index (χ2v) is 15.6. The molecule has 1 aliphatic heterocycles. The molecule has 0 bridgehead atoms. The van der Waals surface area contributed by atoms with Crippen LogP contribution in [0.25, 0.3) is 5.69 Å². The summed E-state index contributed by atoms with van der Waals surface area (Å²) in [6.07, 6.45) is 2.37. The zero-order valence-corrected chi connectivity index (χ0v) is 29.5. The van der Waals surface area contributed by atoms with Gasteiger partial charge in [0, 0.05) is 42.7 Å². The minimum absolute atomic E-state index is 0.0283. The molecule has 1 amide bonds. The Morgan fingerprint density at radius 1 is 1.12 bits per heavy atom. The van der Waals surface area contributed by atoms with E-state index in [-0.39, 0.29) is 54.3 Å². The molecule has 49 heavy (non-hydrogen) atoms. The van der Waals surface area contributed by atoms with Crippen LogP contribution in [0.2, 0.25) is 5.02 Å². The Morgan fingerprint density at radius 2 is 1.82 bits per heavy atom. The first-order valence-corrected chi connectivity index (χ1v) is 17.4. The van der Waals surface area contributed by atoms with E-state index in [1.54, 1.807) is 45.0 Å². The number of hydrogen-bond acceptors (Lipinski definition) is 11. The normalized spacial score (nSPS) is 16.2. The van der Waals surface area contributed by atoms with Crippen LogP contribution in [0.15, 0.2) is 53.5 Å². The highest BCUT2D eigenvalue weighted by Crippen LogP contribution is 2.45. The second kappa shape index (κ2) is 13.8. The zero-order valence-electron chi connectivity index (χ0n) is 27.9. The van der Waals surface area contributed by atoms with Gasteiger partial charge in [-0.15, -0.1) is 0 Å². The topological polar surface area (TPSA) is 167 Å². The van der Waals surface area contributed by atoms with Crippen LogP contribution in [-0.2, 0) is 21.5 Å². The molecular formula is C32H39ClN6O9S. The Kier molecular flexibility index (Phi) is 10.1. The number of benzene rings is 2. The van der Waals surface area contributed by atoms with Gasteiger partial charge >= 0.3 is 27.5 Å². The number of hydrogen-bond donors (Lipinski definition) is 0. The van der Waals surface area contributed by atoms with Crippen LogP contribution in [-0.4, -0.2) is 83.3 Å². The number of anilines is 1. The summed E-state index contributed by atoms with van der Waals surface area (Å²) in [6, 6.07) is 10.6. The van der Waals surface area contributed by atoms with Gasteiger partial charge in [-0.05, 0) is 63.4 Å². The largest absolute Gasteiger partial charge is 0.490 e. The maximum absolute atomic E-state index is 14.1. The molecule has 15 nitrogen and oxygen atoms in total. The van der Waals surface area contributed by atoms with Crippen LogP contribution in [0.5, 0.6) is 11.5 Å². The fourth-order valence-electron chi connectivity index (χ4n) is 5.18. The monoisotopic (exact) mass is 718 g/mol. The van der Waals surface area contributed by atoms with Crippen molar-refractivity contribution < 1.29 is 32.3 Å². The Balaban J connectivity index is 1.40. The molecular weight excluding hydrogens is 680 g/mol. The minimum atomic E-state index is -4.47. The summed E-state index contributed by atoms with van der Waals surface area (Å²) in [6.45, 7) is 7.01. The molecule has 1 aliphatic carbocycles. The maximum Gasteiger partial charge on any atom is 0.425 e. The number of nitro groups is 1. The average Bonchev–Trinajstić information content (AvgIpc) is 3.78. The molecule has 1 saturated heterocycles. The van der Waals surface area contributed by atoms with Gasteiger partial charge in [0.05, 0.1) is 37.1 Å². The number of aromatic nitrogens is 2. The molecule has 3 aromatic rings. The first-order chi connectivity index (χ1) is 23.0. The van der Waals surface area contributed by atoms with Crippen molar-refractivity contribution in [1.82, 2.24) is 18.4 Å². The lowest BCUT2D eigenvalue weighted by Gasteiger charge is -2.38.